The largest absolute Gasteiger partial charge is 0.361 e. The van der Waals surface area contributed by atoms with Crippen molar-refractivity contribution in [2.45, 2.75) is 20.3 Å². The number of rotatable bonds is 3. The standard InChI is InChI=1S/C18H18N2O/c1-3-13-7-9-14(10-8-13)19-11-15-17-12(2)5-4-6-16(17)20-18(15)21/h4-11,19H,3H2,1-2H3,(H,20,21)/b15-11+. The second-order valence-corrected chi connectivity index (χ2v) is 5.20. The normalized spacial score (nSPS) is 15.0. The zero-order valence-electron chi connectivity index (χ0n) is 12.2. The van der Waals surface area contributed by atoms with E-state index in [4.69, 9.17) is 0 Å². The van der Waals surface area contributed by atoms with Crippen molar-refractivity contribution >= 4 is 22.9 Å². The lowest BCUT2D eigenvalue weighted by molar-refractivity contribution is -0.110. The van der Waals surface area contributed by atoms with Gasteiger partial charge in [0.2, 0.25) is 0 Å². The predicted octanol–water partition coefficient (Wildman–Crippen LogP) is 3.96. The predicted molar refractivity (Wildman–Crippen MR) is 87.2 cm³/mol. The van der Waals surface area contributed by atoms with Crippen molar-refractivity contribution in [1.82, 2.24) is 0 Å². The molecule has 1 amide bonds. The molecule has 0 aromatic heterocycles. The molecule has 0 aliphatic carbocycles. The number of aryl methyl sites for hydroxylation is 2. The number of amides is 1. The maximum atomic E-state index is 12.1. The van der Waals surface area contributed by atoms with E-state index in [9.17, 15) is 4.79 Å². The summed E-state index contributed by atoms with van der Waals surface area (Å²) in [6, 6.07) is 14.1. The Bertz CT molecular complexity index is 714. The van der Waals surface area contributed by atoms with E-state index < -0.39 is 0 Å². The number of hydrogen-bond donors (Lipinski definition) is 2. The van der Waals surface area contributed by atoms with Crippen molar-refractivity contribution in [2.75, 3.05) is 10.6 Å². The number of benzene rings is 2. The van der Waals surface area contributed by atoms with Gasteiger partial charge in [0.25, 0.3) is 5.91 Å². The molecule has 21 heavy (non-hydrogen) atoms. The molecule has 2 aromatic carbocycles. The van der Waals surface area contributed by atoms with Gasteiger partial charge < -0.3 is 10.6 Å². The smallest absolute Gasteiger partial charge is 0.257 e. The van der Waals surface area contributed by atoms with Crippen LogP contribution in [-0.2, 0) is 11.2 Å². The molecule has 0 radical (unpaired) electrons. The summed E-state index contributed by atoms with van der Waals surface area (Å²) < 4.78 is 0. The van der Waals surface area contributed by atoms with Crippen LogP contribution < -0.4 is 10.6 Å². The van der Waals surface area contributed by atoms with Crippen LogP contribution >= 0.6 is 0 Å². The van der Waals surface area contributed by atoms with Gasteiger partial charge >= 0.3 is 0 Å². The highest BCUT2D eigenvalue weighted by molar-refractivity contribution is 6.32. The number of fused-ring (bicyclic) bond motifs is 1. The van der Waals surface area contributed by atoms with E-state index in [1.165, 1.54) is 5.56 Å². The van der Waals surface area contributed by atoms with Crippen LogP contribution in [0.4, 0.5) is 11.4 Å². The second kappa shape index (κ2) is 5.44. The van der Waals surface area contributed by atoms with Crippen LogP contribution in [0, 0.1) is 6.92 Å². The van der Waals surface area contributed by atoms with E-state index in [1.807, 2.05) is 37.3 Å². The first kappa shape index (κ1) is 13.4. The first-order chi connectivity index (χ1) is 10.2. The molecule has 1 heterocycles. The van der Waals surface area contributed by atoms with Crippen molar-refractivity contribution in [3.63, 3.8) is 0 Å². The summed E-state index contributed by atoms with van der Waals surface area (Å²) in [7, 11) is 0. The van der Waals surface area contributed by atoms with E-state index >= 15 is 0 Å². The summed E-state index contributed by atoms with van der Waals surface area (Å²) >= 11 is 0. The van der Waals surface area contributed by atoms with Crippen LogP contribution in [0.3, 0.4) is 0 Å². The van der Waals surface area contributed by atoms with Gasteiger partial charge in [-0.1, -0.05) is 31.2 Å². The zero-order chi connectivity index (χ0) is 14.8. The van der Waals surface area contributed by atoms with Gasteiger partial charge in [0.15, 0.2) is 0 Å². The van der Waals surface area contributed by atoms with Gasteiger partial charge in [-0.05, 0) is 42.7 Å². The molecule has 0 atom stereocenters. The highest BCUT2D eigenvalue weighted by Crippen LogP contribution is 2.34. The van der Waals surface area contributed by atoms with E-state index in [1.54, 1.807) is 6.20 Å². The van der Waals surface area contributed by atoms with Crippen LogP contribution in [0.2, 0.25) is 0 Å². The lowest BCUT2D eigenvalue weighted by Gasteiger charge is -2.05. The molecule has 0 saturated carbocycles. The van der Waals surface area contributed by atoms with Crippen LogP contribution in [0.25, 0.3) is 5.57 Å². The molecule has 3 heteroatoms. The van der Waals surface area contributed by atoms with Gasteiger partial charge in [-0.25, -0.2) is 0 Å². The molecule has 1 aliphatic rings. The molecular weight excluding hydrogens is 260 g/mol. The maximum Gasteiger partial charge on any atom is 0.257 e. The van der Waals surface area contributed by atoms with Crippen LogP contribution in [-0.4, -0.2) is 5.91 Å². The lowest BCUT2D eigenvalue weighted by atomic mass is 10.0. The Balaban J connectivity index is 1.88. The van der Waals surface area contributed by atoms with Gasteiger partial charge in [0.1, 0.15) is 0 Å². The summed E-state index contributed by atoms with van der Waals surface area (Å²) in [5.41, 5.74) is 5.93. The molecule has 0 bridgehead atoms. The Hall–Kier alpha value is -2.55. The van der Waals surface area contributed by atoms with E-state index in [0.717, 1.165) is 28.9 Å². The molecule has 0 spiro atoms. The fourth-order valence-corrected chi connectivity index (χ4v) is 2.56. The van der Waals surface area contributed by atoms with Gasteiger partial charge in [-0.2, -0.15) is 0 Å². The fourth-order valence-electron chi connectivity index (χ4n) is 2.56. The Labute approximate surface area is 124 Å². The fraction of sp³-hybridized carbons (Fsp3) is 0.167. The summed E-state index contributed by atoms with van der Waals surface area (Å²) in [5, 5.41) is 6.11. The topological polar surface area (TPSA) is 41.1 Å². The SMILES string of the molecule is CCc1ccc(N/C=C2/C(=O)Nc3cccc(C)c32)cc1. The molecular formula is C18H18N2O. The molecule has 2 aromatic rings. The highest BCUT2D eigenvalue weighted by atomic mass is 16.2. The quantitative estimate of drug-likeness (QED) is 0.834. The number of carbonyl (C=O) groups excluding carboxylic acids is 1. The van der Waals surface area contributed by atoms with Gasteiger partial charge in [0.05, 0.1) is 5.57 Å². The Kier molecular flexibility index (Phi) is 3.48. The number of carbonyl (C=O) groups is 1. The van der Waals surface area contributed by atoms with E-state index in [2.05, 4.69) is 29.7 Å². The van der Waals surface area contributed by atoms with Crippen molar-refractivity contribution in [1.29, 1.82) is 0 Å². The molecule has 106 valence electrons. The molecule has 1 aliphatic heterocycles. The summed E-state index contributed by atoms with van der Waals surface area (Å²) in [5.74, 6) is -0.0584. The minimum absolute atomic E-state index is 0.0584. The van der Waals surface area contributed by atoms with Crippen LogP contribution in [0.1, 0.15) is 23.6 Å². The Morgan fingerprint density at radius 1 is 1.14 bits per heavy atom. The molecule has 0 unspecified atom stereocenters. The summed E-state index contributed by atoms with van der Waals surface area (Å²) in [4.78, 5) is 12.1. The molecule has 0 fully saturated rings. The third-order valence-electron chi connectivity index (χ3n) is 3.78. The van der Waals surface area contributed by atoms with Crippen LogP contribution in [0.15, 0.2) is 48.7 Å². The average Bonchev–Trinajstić information content (AvgIpc) is 2.82. The molecule has 2 N–H and O–H groups in total. The number of anilines is 2. The summed E-state index contributed by atoms with van der Waals surface area (Å²) in [6.07, 6.45) is 2.81. The summed E-state index contributed by atoms with van der Waals surface area (Å²) in [6.45, 7) is 4.15. The van der Waals surface area contributed by atoms with Gasteiger partial charge in [-0.15, -0.1) is 0 Å². The number of nitrogens with one attached hydrogen (secondary N) is 2. The second-order valence-electron chi connectivity index (χ2n) is 5.20. The monoisotopic (exact) mass is 278 g/mol. The van der Waals surface area contributed by atoms with Gasteiger partial charge in [-0.3, -0.25) is 4.79 Å². The molecule has 3 nitrogen and oxygen atoms in total. The van der Waals surface area contributed by atoms with Gasteiger partial charge in [0, 0.05) is 23.1 Å². The highest BCUT2D eigenvalue weighted by Gasteiger charge is 2.25. The van der Waals surface area contributed by atoms with Crippen LogP contribution in [0.5, 0.6) is 0 Å². The maximum absolute atomic E-state index is 12.1. The Morgan fingerprint density at radius 3 is 2.62 bits per heavy atom. The first-order valence-electron chi connectivity index (χ1n) is 7.16. The third-order valence-corrected chi connectivity index (χ3v) is 3.78. The third kappa shape index (κ3) is 2.55. The first-order valence-corrected chi connectivity index (χ1v) is 7.16. The van der Waals surface area contributed by atoms with Crippen molar-refractivity contribution < 1.29 is 4.79 Å². The van der Waals surface area contributed by atoms with Crippen molar-refractivity contribution in [3.05, 3.63) is 65.4 Å². The van der Waals surface area contributed by atoms with Crippen molar-refractivity contribution in [2.24, 2.45) is 0 Å². The molecule has 0 saturated heterocycles. The lowest BCUT2D eigenvalue weighted by Crippen LogP contribution is -2.05. The minimum Gasteiger partial charge on any atom is -0.361 e. The zero-order valence-corrected chi connectivity index (χ0v) is 12.2. The minimum atomic E-state index is -0.0584. The van der Waals surface area contributed by atoms with Crippen molar-refractivity contribution in [3.8, 4) is 0 Å². The molecule has 3 rings (SSSR count). The van der Waals surface area contributed by atoms with E-state index in [-0.39, 0.29) is 5.91 Å². The number of hydrogen-bond acceptors (Lipinski definition) is 2. The average molecular weight is 278 g/mol. The van der Waals surface area contributed by atoms with E-state index in [0.29, 0.717) is 5.57 Å². The Morgan fingerprint density at radius 2 is 1.90 bits per heavy atom.